The van der Waals surface area contributed by atoms with Gasteiger partial charge >= 0.3 is 0 Å². The molecule has 1 saturated heterocycles. The fourth-order valence-electron chi connectivity index (χ4n) is 3.16. The van der Waals surface area contributed by atoms with Gasteiger partial charge in [-0.2, -0.15) is 0 Å². The fourth-order valence-corrected chi connectivity index (χ4v) is 7.87. The molecule has 1 fully saturated rings. The Balaban J connectivity index is 1.76. The van der Waals surface area contributed by atoms with E-state index in [4.69, 9.17) is 0 Å². The molecule has 0 spiro atoms. The molecule has 1 aliphatic rings. The third-order valence-corrected chi connectivity index (χ3v) is 8.67. The Morgan fingerprint density at radius 3 is 2.31 bits per heavy atom. The largest absolute Gasteiger partial charge is 0.311 e. The fraction of sp³-hybridized carbons (Fsp3) is 0.333. The van der Waals surface area contributed by atoms with Gasteiger partial charge in [0.2, 0.25) is 0 Å². The molecule has 1 aliphatic heterocycles. The second-order valence-corrected chi connectivity index (χ2v) is 10.7. The SMILES string of the molecule is O=S1(=O)C[C@H](NCCc2ccccc2)[C@@H](S(=O)(=O)c2ccc(F)cc2)C1. The van der Waals surface area contributed by atoms with E-state index in [2.05, 4.69) is 5.32 Å². The highest BCUT2D eigenvalue weighted by Crippen LogP contribution is 2.26. The minimum absolute atomic E-state index is 0.0594. The Labute approximate surface area is 153 Å². The maximum Gasteiger partial charge on any atom is 0.183 e. The van der Waals surface area contributed by atoms with Gasteiger partial charge in [-0.1, -0.05) is 30.3 Å². The Morgan fingerprint density at radius 1 is 1.00 bits per heavy atom. The van der Waals surface area contributed by atoms with Gasteiger partial charge in [0.05, 0.1) is 21.7 Å². The number of benzene rings is 2. The minimum atomic E-state index is -3.88. The van der Waals surface area contributed by atoms with Gasteiger partial charge in [-0.3, -0.25) is 0 Å². The maximum atomic E-state index is 13.1. The van der Waals surface area contributed by atoms with E-state index >= 15 is 0 Å². The van der Waals surface area contributed by atoms with Gasteiger partial charge in [-0.05, 0) is 42.8 Å². The van der Waals surface area contributed by atoms with Crippen molar-refractivity contribution in [1.29, 1.82) is 0 Å². The first-order valence-corrected chi connectivity index (χ1v) is 11.6. The topological polar surface area (TPSA) is 80.3 Å². The standard InChI is InChI=1S/C18H20FNO4S2/c19-15-6-8-16(9-7-15)26(23,24)18-13-25(21,22)12-17(18)20-11-10-14-4-2-1-3-5-14/h1-9,17-18,20H,10-13H2/t17-,18-/m0/s1. The van der Waals surface area contributed by atoms with E-state index in [1.165, 1.54) is 12.1 Å². The molecule has 26 heavy (non-hydrogen) atoms. The van der Waals surface area contributed by atoms with Crippen molar-refractivity contribution in [2.45, 2.75) is 22.6 Å². The van der Waals surface area contributed by atoms with Crippen LogP contribution in [0.4, 0.5) is 4.39 Å². The van der Waals surface area contributed by atoms with Crippen LogP contribution in [0, 0.1) is 5.82 Å². The monoisotopic (exact) mass is 397 g/mol. The first-order chi connectivity index (χ1) is 12.3. The summed E-state index contributed by atoms with van der Waals surface area (Å²) >= 11 is 0. The summed E-state index contributed by atoms with van der Waals surface area (Å²) in [5.41, 5.74) is 1.08. The number of hydrogen-bond acceptors (Lipinski definition) is 5. The molecule has 0 saturated carbocycles. The number of rotatable bonds is 6. The molecule has 2 atom stereocenters. The Bertz CT molecular complexity index is 958. The van der Waals surface area contributed by atoms with Crippen molar-refractivity contribution in [2.75, 3.05) is 18.1 Å². The van der Waals surface area contributed by atoms with E-state index in [-0.39, 0.29) is 10.6 Å². The van der Waals surface area contributed by atoms with Crippen LogP contribution >= 0.6 is 0 Å². The van der Waals surface area contributed by atoms with Gasteiger partial charge in [0.1, 0.15) is 5.82 Å². The molecule has 1 heterocycles. The van der Waals surface area contributed by atoms with Crippen LogP contribution in [0.15, 0.2) is 59.5 Å². The first kappa shape index (κ1) is 19.0. The third kappa shape index (κ3) is 4.31. The van der Waals surface area contributed by atoms with Crippen molar-refractivity contribution >= 4 is 19.7 Å². The summed E-state index contributed by atoms with van der Waals surface area (Å²) in [5.74, 6) is -1.18. The number of sulfone groups is 2. The molecule has 5 nitrogen and oxygen atoms in total. The van der Waals surface area contributed by atoms with Gasteiger partial charge in [0.25, 0.3) is 0 Å². The van der Waals surface area contributed by atoms with E-state index in [9.17, 15) is 21.2 Å². The molecule has 3 rings (SSSR count). The first-order valence-electron chi connectivity index (χ1n) is 8.25. The third-order valence-electron chi connectivity index (χ3n) is 4.50. The van der Waals surface area contributed by atoms with Crippen LogP contribution in [-0.4, -0.2) is 46.2 Å². The molecule has 0 radical (unpaired) electrons. The van der Waals surface area contributed by atoms with Crippen molar-refractivity contribution in [2.24, 2.45) is 0 Å². The van der Waals surface area contributed by atoms with Gasteiger partial charge in [0.15, 0.2) is 19.7 Å². The van der Waals surface area contributed by atoms with E-state index < -0.39 is 42.5 Å². The summed E-state index contributed by atoms with van der Waals surface area (Å²) in [5, 5.41) is 2.02. The number of nitrogens with one attached hydrogen (secondary N) is 1. The van der Waals surface area contributed by atoms with Gasteiger partial charge < -0.3 is 5.32 Å². The van der Waals surface area contributed by atoms with Crippen LogP contribution in [-0.2, 0) is 26.1 Å². The predicted molar refractivity (Wildman–Crippen MR) is 98.0 cm³/mol. The second kappa shape index (κ2) is 7.46. The van der Waals surface area contributed by atoms with Crippen LogP contribution in [0.2, 0.25) is 0 Å². The highest BCUT2D eigenvalue weighted by molar-refractivity contribution is 7.96. The molecule has 2 aromatic rings. The normalized spacial score (nSPS) is 22.3. The van der Waals surface area contributed by atoms with Gasteiger partial charge in [-0.25, -0.2) is 21.2 Å². The Hall–Kier alpha value is -1.77. The zero-order valence-electron chi connectivity index (χ0n) is 14.0. The average Bonchev–Trinajstić information content (AvgIpc) is 2.92. The highest BCUT2D eigenvalue weighted by atomic mass is 32.2. The summed E-state index contributed by atoms with van der Waals surface area (Å²) in [6.45, 7) is 0.472. The van der Waals surface area contributed by atoms with Crippen molar-refractivity contribution in [3.63, 3.8) is 0 Å². The zero-order valence-corrected chi connectivity index (χ0v) is 15.6. The molecule has 140 valence electrons. The van der Waals surface area contributed by atoms with Crippen LogP contribution < -0.4 is 5.32 Å². The van der Waals surface area contributed by atoms with Gasteiger partial charge in [0, 0.05) is 6.04 Å². The second-order valence-electron chi connectivity index (χ2n) is 6.41. The van der Waals surface area contributed by atoms with Crippen LogP contribution in [0.25, 0.3) is 0 Å². The lowest BCUT2D eigenvalue weighted by Gasteiger charge is -2.20. The summed E-state index contributed by atoms with van der Waals surface area (Å²) in [7, 11) is -7.33. The lowest BCUT2D eigenvalue weighted by atomic mass is 10.1. The quantitative estimate of drug-likeness (QED) is 0.749. The average molecular weight is 397 g/mol. The molecular weight excluding hydrogens is 377 g/mol. The van der Waals surface area contributed by atoms with E-state index in [0.717, 1.165) is 17.7 Å². The lowest BCUT2D eigenvalue weighted by Crippen LogP contribution is -2.44. The van der Waals surface area contributed by atoms with Gasteiger partial charge in [-0.15, -0.1) is 0 Å². The smallest absolute Gasteiger partial charge is 0.183 e. The number of halogens is 1. The van der Waals surface area contributed by atoms with Crippen molar-refractivity contribution < 1.29 is 21.2 Å². The summed E-state index contributed by atoms with van der Waals surface area (Å²) < 4.78 is 62.9. The predicted octanol–water partition coefficient (Wildman–Crippen LogP) is 1.60. The van der Waals surface area contributed by atoms with Crippen LogP contribution in [0.5, 0.6) is 0 Å². The van der Waals surface area contributed by atoms with E-state index in [0.29, 0.717) is 13.0 Å². The van der Waals surface area contributed by atoms with E-state index in [1.54, 1.807) is 0 Å². The lowest BCUT2D eigenvalue weighted by molar-refractivity contribution is 0.528. The summed E-state index contributed by atoms with van der Waals surface area (Å²) in [6, 6.07) is 13.5. The molecule has 0 aromatic heterocycles. The Kier molecular flexibility index (Phi) is 5.45. The molecule has 0 unspecified atom stereocenters. The van der Waals surface area contributed by atoms with Crippen LogP contribution in [0.1, 0.15) is 5.56 Å². The van der Waals surface area contributed by atoms with Crippen molar-refractivity contribution in [1.82, 2.24) is 5.32 Å². The molecule has 1 N–H and O–H groups in total. The molecule has 0 amide bonds. The molecule has 0 aliphatic carbocycles. The Morgan fingerprint density at radius 2 is 1.65 bits per heavy atom. The minimum Gasteiger partial charge on any atom is -0.311 e. The van der Waals surface area contributed by atoms with Crippen molar-refractivity contribution in [3.05, 3.63) is 66.0 Å². The number of hydrogen-bond donors (Lipinski definition) is 1. The highest BCUT2D eigenvalue weighted by Gasteiger charge is 2.45. The van der Waals surface area contributed by atoms with E-state index in [1.807, 2.05) is 30.3 Å². The van der Waals surface area contributed by atoms with Crippen molar-refractivity contribution in [3.8, 4) is 0 Å². The summed E-state index contributed by atoms with van der Waals surface area (Å²) in [4.78, 5) is -0.0594. The molecule has 8 heteroatoms. The summed E-state index contributed by atoms with van der Waals surface area (Å²) in [6.07, 6.45) is 0.667. The molecule has 2 aromatic carbocycles. The maximum absolute atomic E-state index is 13.1. The molecule has 0 bridgehead atoms. The van der Waals surface area contributed by atoms with Crippen LogP contribution in [0.3, 0.4) is 0 Å². The molecular formula is C18H20FNO4S2. The zero-order chi connectivity index (χ0) is 18.8.